The van der Waals surface area contributed by atoms with E-state index in [0.29, 0.717) is 6.10 Å². The van der Waals surface area contributed by atoms with Gasteiger partial charge in [0.25, 0.3) is 0 Å². The molecule has 3 saturated heterocycles. The zero-order chi connectivity index (χ0) is 11.6. The monoisotopic (exact) mass is 238 g/mol. The summed E-state index contributed by atoms with van der Waals surface area (Å²) in [5.41, 5.74) is -0.290. The van der Waals surface area contributed by atoms with Gasteiger partial charge in [0, 0.05) is 6.42 Å². The Bertz CT molecular complexity index is 368. The highest BCUT2D eigenvalue weighted by atomic mass is 16.7. The molecule has 1 spiro atoms. The van der Waals surface area contributed by atoms with E-state index < -0.39 is 0 Å². The number of rotatable bonds is 2. The quantitative estimate of drug-likeness (QED) is 0.678. The second kappa shape index (κ2) is 3.31. The highest BCUT2D eigenvalue weighted by Gasteiger charge is 2.73. The number of carbonyl (C=O) groups is 1. The lowest BCUT2D eigenvalue weighted by atomic mass is 9.78. The Morgan fingerprint density at radius 1 is 1.35 bits per heavy atom. The molecule has 94 valence electrons. The third-order valence-electron chi connectivity index (χ3n) is 4.70. The second-order valence-corrected chi connectivity index (χ2v) is 5.76. The summed E-state index contributed by atoms with van der Waals surface area (Å²) >= 11 is 0. The van der Waals surface area contributed by atoms with Crippen molar-refractivity contribution in [3.8, 4) is 0 Å². The topological polar surface area (TPSA) is 48.1 Å². The van der Waals surface area contributed by atoms with Gasteiger partial charge < -0.3 is 14.2 Å². The van der Waals surface area contributed by atoms with Crippen LogP contribution < -0.4 is 0 Å². The van der Waals surface area contributed by atoms with E-state index in [1.165, 1.54) is 0 Å². The fourth-order valence-corrected chi connectivity index (χ4v) is 3.87. The lowest BCUT2D eigenvalue weighted by Crippen LogP contribution is -2.54. The van der Waals surface area contributed by atoms with Crippen molar-refractivity contribution in [2.45, 2.75) is 75.1 Å². The van der Waals surface area contributed by atoms with Crippen LogP contribution in [-0.4, -0.2) is 41.9 Å². The van der Waals surface area contributed by atoms with E-state index >= 15 is 0 Å². The molecule has 1 unspecified atom stereocenters. The molecule has 4 aliphatic rings. The van der Waals surface area contributed by atoms with Crippen LogP contribution in [0.2, 0.25) is 0 Å². The lowest BCUT2D eigenvalue weighted by molar-refractivity contribution is -0.175. The van der Waals surface area contributed by atoms with Crippen molar-refractivity contribution in [3.63, 3.8) is 0 Å². The van der Waals surface area contributed by atoms with Crippen LogP contribution in [0.3, 0.4) is 0 Å². The van der Waals surface area contributed by atoms with Gasteiger partial charge >= 0.3 is 0 Å². The number of hydrogen-bond acceptors (Lipinski definition) is 4. The van der Waals surface area contributed by atoms with E-state index in [1.807, 2.05) is 0 Å². The first-order valence-corrected chi connectivity index (χ1v) is 6.77. The van der Waals surface area contributed by atoms with Crippen molar-refractivity contribution in [2.24, 2.45) is 0 Å². The number of carbonyl (C=O) groups excluding carboxylic acids is 1. The van der Waals surface area contributed by atoms with Crippen LogP contribution in [0.4, 0.5) is 0 Å². The fourth-order valence-electron chi connectivity index (χ4n) is 3.87. The highest BCUT2D eigenvalue weighted by molar-refractivity contribution is 5.92. The molecule has 3 heterocycles. The highest BCUT2D eigenvalue weighted by Crippen LogP contribution is 2.55. The minimum absolute atomic E-state index is 0.0154. The number of epoxide rings is 1. The smallest absolute Gasteiger partial charge is 0.193 e. The van der Waals surface area contributed by atoms with Crippen molar-refractivity contribution in [1.29, 1.82) is 0 Å². The van der Waals surface area contributed by atoms with E-state index in [0.717, 1.165) is 32.1 Å². The molecular formula is C13H18O4. The summed E-state index contributed by atoms with van der Waals surface area (Å²) in [6.45, 7) is 2.18. The normalized spacial score (nSPS) is 55.4. The molecule has 17 heavy (non-hydrogen) atoms. The number of Topliss-reactive ketones (excluding diaryl/α,β-unsaturated/α-hetero) is 1. The van der Waals surface area contributed by atoms with Gasteiger partial charge in [-0.15, -0.1) is 0 Å². The number of fused-ring (bicyclic) bond motifs is 2. The number of ether oxygens (including phenoxy) is 3. The first kappa shape index (κ1) is 10.5. The summed E-state index contributed by atoms with van der Waals surface area (Å²) in [5, 5.41) is 0. The van der Waals surface area contributed by atoms with E-state index in [9.17, 15) is 4.79 Å². The Labute approximate surface area is 101 Å². The average Bonchev–Trinajstić information content (AvgIpc) is 3.04. The van der Waals surface area contributed by atoms with E-state index in [2.05, 4.69) is 6.92 Å². The van der Waals surface area contributed by atoms with Crippen molar-refractivity contribution in [2.75, 3.05) is 0 Å². The summed E-state index contributed by atoms with van der Waals surface area (Å²) in [6, 6.07) is 0. The Balaban J connectivity index is 1.63. The predicted molar refractivity (Wildman–Crippen MR) is 58.7 cm³/mol. The first-order valence-electron chi connectivity index (χ1n) is 6.77. The second-order valence-electron chi connectivity index (χ2n) is 5.76. The van der Waals surface area contributed by atoms with Crippen molar-refractivity contribution in [3.05, 3.63) is 0 Å². The van der Waals surface area contributed by atoms with Gasteiger partial charge in [0.2, 0.25) is 0 Å². The van der Waals surface area contributed by atoms with Gasteiger partial charge in [-0.2, -0.15) is 0 Å². The van der Waals surface area contributed by atoms with Gasteiger partial charge in [-0.05, 0) is 19.3 Å². The van der Waals surface area contributed by atoms with Crippen LogP contribution in [0.15, 0.2) is 0 Å². The Kier molecular flexibility index (Phi) is 2.04. The Hall–Kier alpha value is -0.450. The molecule has 6 atom stereocenters. The van der Waals surface area contributed by atoms with Crippen LogP contribution in [-0.2, 0) is 19.0 Å². The van der Waals surface area contributed by atoms with E-state index in [4.69, 9.17) is 14.2 Å². The molecule has 4 fully saturated rings. The van der Waals surface area contributed by atoms with Gasteiger partial charge in [-0.25, -0.2) is 0 Å². The maximum atomic E-state index is 11.9. The number of ketones is 1. The largest absolute Gasteiger partial charge is 0.366 e. The lowest BCUT2D eigenvalue weighted by Gasteiger charge is -2.41. The third kappa shape index (κ3) is 1.26. The molecule has 4 heteroatoms. The van der Waals surface area contributed by atoms with Crippen LogP contribution in [0.5, 0.6) is 0 Å². The molecule has 0 aromatic carbocycles. The van der Waals surface area contributed by atoms with Crippen molar-refractivity contribution in [1.82, 2.24) is 0 Å². The predicted octanol–water partition coefficient (Wildman–Crippen LogP) is 1.21. The maximum absolute atomic E-state index is 11.9. The Morgan fingerprint density at radius 2 is 2.24 bits per heavy atom. The summed E-state index contributed by atoms with van der Waals surface area (Å²) in [6.07, 6.45) is 4.95. The van der Waals surface area contributed by atoms with Crippen molar-refractivity contribution >= 4 is 5.78 Å². The molecule has 0 aromatic rings. The molecule has 3 aliphatic heterocycles. The molecule has 1 saturated carbocycles. The van der Waals surface area contributed by atoms with Gasteiger partial charge in [-0.3, -0.25) is 4.79 Å². The molecule has 2 bridgehead atoms. The summed E-state index contributed by atoms with van der Waals surface area (Å²) in [4.78, 5) is 11.9. The minimum Gasteiger partial charge on any atom is -0.366 e. The zero-order valence-electron chi connectivity index (χ0n) is 10.1. The van der Waals surface area contributed by atoms with E-state index in [1.54, 1.807) is 0 Å². The van der Waals surface area contributed by atoms with Gasteiger partial charge in [-0.1, -0.05) is 13.3 Å². The first-order chi connectivity index (χ1) is 8.24. The summed E-state index contributed by atoms with van der Waals surface area (Å²) in [5.74, 6) is 0.144. The van der Waals surface area contributed by atoms with E-state index in [-0.39, 0.29) is 35.8 Å². The van der Waals surface area contributed by atoms with Gasteiger partial charge in [0.05, 0.1) is 12.2 Å². The SMILES string of the molecule is CCC[C@H]1CC[C@@H]2O[C@@H]3C[C@@]2(O1)[C@H]1OC1C3=O. The molecule has 4 rings (SSSR count). The molecule has 0 N–H and O–H groups in total. The third-order valence-corrected chi connectivity index (χ3v) is 4.70. The minimum atomic E-state index is -0.290. The van der Waals surface area contributed by atoms with Gasteiger partial charge in [0.1, 0.15) is 23.9 Å². The average molecular weight is 238 g/mol. The summed E-state index contributed by atoms with van der Waals surface area (Å²) in [7, 11) is 0. The molecule has 0 radical (unpaired) electrons. The number of hydrogen-bond donors (Lipinski definition) is 0. The van der Waals surface area contributed by atoms with Crippen LogP contribution in [0, 0.1) is 0 Å². The Morgan fingerprint density at radius 3 is 3.06 bits per heavy atom. The zero-order valence-corrected chi connectivity index (χ0v) is 10.1. The van der Waals surface area contributed by atoms with Crippen LogP contribution >= 0.6 is 0 Å². The molecule has 0 aromatic heterocycles. The molecular weight excluding hydrogens is 220 g/mol. The maximum Gasteiger partial charge on any atom is 0.193 e. The fraction of sp³-hybridized carbons (Fsp3) is 0.923. The summed E-state index contributed by atoms with van der Waals surface area (Å²) < 4.78 is 17.7. The van der Waals surface area contributed by atoms with Crippen LogP contribution in [0.25, 0.3) is 0 Å². The molecule has 4 nitrogen and oxygen atoms in total. The molecule has 0 amide bonds. The van der Waals surface area contributed by atoms with Crippen LogP contribution in [0.1, 0.15) is 39.0 Å². The molecule has 1 aliphatic carbocycles. The van der Waals surface area contributed by atoms with Gasteiger partial charge in [0.15, 0.2) is 5.78 Å². The van der Waals surface area contributed by atoms with Crippen molar-refractivity contribution < 1.29 is 19.0 Å². The standard InChI is InChI=1S/C13H18O4/c1-2-3-7-4-5-9-13(17-7)6-8(15-9)10(14)11-12(13)16-11/h7-9,11-12H,2-6H2,1H3/t7-,8+,9-,11?,12-,13-/m0/s1.